The van der Waals surface area contributed by atoms with Crippen LogP contribution in [-0.2, 0) is 24.1 Å². The molecule has 0 spiro atoms. The second-order valence-corrected chi connectivity index (χ2v) is 11.8. The van der Waals surface area contributed by atoms with Gasteiger partial charge in [-0.05, 0) is 107 Å². The Morgan fingerprint density at radius 3 is 2.24 bits per heavy atom. The summed E-state index contributed by atoms with van der Waals surface area (Å²) in [5, 5.41) is 3.77. The van der Waals surface area contributed by atoms with E-state index in [4.69, 9.17) is 4.74 Å². The van der Waals surface area contributed by atoms with Crippen LogP contribution in [0.5, 0.6) is 0 Å². The predicted octanol–water partition coefficient (Wildman–Crippen LogP) is 8.25. The predicted molar refractivity (Wildman–Crippen MR) is 156 cm³/mol. The van der Waals surface area contributed by atoms with E-state index in [0.717, 1.165) is 36.6 Å². The third-order valence-corrected chi connectivity index (χ3v) is 8.29. The van der Waals surface area contributed by atoms with Crippen molar-refractivity contribution in [3.8, 4) is 0 Å². The monoisotopic (exact) mass is 505 g/mol. The van der Waals surface area contributed by atoms with Crippen molar-refractivity contribution in [2.45, 2.75) is 118 Å². The van der Waals surface area contributed by atoms with E-state index in [9.17, 15) is 4.79 Å². The molecule has 5 rings (SSSR count). The number of hydrogen-bond donors (Lipinski definition) is 1. The molecule has 2 aromatic rings. The Bertz CT molecular complexity index is 937. The average Bonchev–Trinajstić information content (AvgIpc) is 3.44. The summed E-state index contributed by atoms with van der Waals surface area (Å²) < 4.78 is 5.30. The van der Waals surface area contributed by atoms with Gasteiger partial charge in [-0.3, -0.25) is 4.79 Å². The van der Waals surface area contributed by atoms with Gasteiger partial charge in [-0.1, -0.05) is 68.8 Å². The number of rotatable bonds is 5. The lowest BCUT2D eigenvalue weighted by atomic mass is 9.84. The average molecular weight is 506 g/mol. The number of fused-ring (bicyclic) bond motifs is 1. The van der Waals surface area contributed by atoms with E-state index in [1.54, 1.807) is 18.1 Å². The molecule has 37 heavy (non-hydrogen) atoms. The molecule has 1 aliphatic heterocycles. The third-order valence-electron chi connectivity index (χ3n) is 8.29. The van der Waals surface area contributed by atoms with Gasteiger partial charge in [0.1, 0.15) is 0 Å². The van der Waals surface area contributed by atoms with Gasteiger partial charge in [-0.25, -0.2) is 0 Å². The molecular weight excluding hydrogens is 454 g/mol. The van der Waals surface area contributed by atoms with Gasteiger partial charge >= 0.3 is 0 Å². The molecule has 0 amide bonds. The third kappa shape index (κ3) is 10.4. The number of carbonyl (C=O) groups is 1. The number of nitrogens with one attached hydrogen (secondary N) is 1. The molecule has 2 unspecified atom stereocenters. The summed E-state index contributed by atoms with van der Waals surface area (Å²) in [7, 11) is 0. The molecule has 0 radical (unpaired) electrons. The van der Waals surface area contributed by atoms with Gasteiger partial charge in [0.15, 0.2) is 5.78 Å². The van der Waals surface area contributed by atoms with Gasteiger partial charge in [0.25, 0.3) is 0 Å². The summed E-state index contributed by atoms with van der Waals surface area (Å²) in [5.41, 5.74) is 6.66. The van der Waals surface area contributed by atoms with Crippen molar-refractivity contribution < 1.29 is 9.53 Å². The molecule has 2 aromatic carbocycles. The van der Waals surface area contributed by atoms with Crippen LogP contribution < -0.4 is 5.32 Å². The molecule has 1 heterocycles. The van der Waals surface area contributed by atoms with E-state index >= 15 is 0 Å². The van der Waals surface area contributed by atoms with E-state index < -0.39 is 0 Å². The van der Waals surface area contributed by atoms with Crippen molar-refractivity contribution in [1.82, 2.24) is 5.32 Å². The highest BCUT2D eigenvalue weighted by molar-refractivity contribution is 5.93. The molecule has 2 fully saturated rings. The quantitative estimate of drug-likeness (QED) is 0.416. The van der Waals surface area contributed by atoms with E-state index in [0.29, 0.717) is 6.10 Å². The summed E-state index contributed by atoms with van der Waals surface area (Å²) >= 11 is 0. The highest BCUT2D eigenvalue weighted by Crippen LogP contribution is 2.27. The van der Waals surface area contributed by atoms with Crippen LogP contribution in [0.25, 0.3) is 0 Å². The fourth-order valence-electron chi connectivity index (χ4n) is 5.58. The van der Waals surface area contributed by atoms with Crippen molar-refractivity contribution in [1.29, 1.82) is 0 Å². The van der Waals surface area contributed by atoms with Crippen molar-refractivity contribution in [3.05, 3.63) is 70.3 Å². The first-order chi connectivity index (χ1) is 17.8. The molecule has 1 N–H and O–H groups in total. The van der Waals surface area contributed by atoms with Crippen molar-refractivity contribution >= 4 is 5.78 Å². The highest BCUT2D eigenvalue weighted by Gasteiger charge is 2.18. The summed E-state index contributed by atoms with van der Waals surface area (Å²) in [6, 6.07) is 15.5. The van der Waals surface area contributed by atoms with Crippen LogP contribution >= 0.6 is 0 Å². The van der Waals surface area contributed by atoms with Crippen molar-refractivity contribution in [2.75, 3.05) is 6.61 Å². The SMILES string of the molecule is CC(=O)c1ccc(C)cc1.CC1CCC(NCc2ccc3c(c2)CCC(C)C3)CC1.CCC1CCCO1. The Balaban J connectivity index is 0.000000185. The minimum atomic E-state index is 0.125. The van der Waals surface area contributed by atoms with Crippen LogP contribution in [0.3, 0.4) is 0 Å². The highest BCUT2D eigenvalue weighted by atomic mass is 16.5. The number of hydrogen-bond acceptors (Lipinski definition) is 3. The van der Waals surface area contributed by atoms with Crippen LogP contribution in [0.4, 0.5) is 0 Å². The number of carbonyl (C=O) groups excluding carboxylic acids is 1. The smallest absolute Gasteiger partial charge is 0.159 e. The molecular formula is C34H51NO2. The Morgan fingerprint density at radius 1 is 0.919 bits per heavy atom. The largest absolute Gasteiger partial charge is 0.378 e. The fraction of sp³-hybridized carbons (Fsp3) is 0.618. The summed E-state index contributed by atoms with van der Waals surface area (Å²) in [4.78, 5) is 10.8. The van der Waals surface area contributed by atoms with Crippen LogP contribution in [0.1, 0.15) is 112 Å². The number of ketones is 1. The number of benzene rings is 2. The molecule has 1 saturated heterocycles. The second kappa shape index (κ2) is 15.4. The first-order valence-electron chi connectivity index (χ1n) is 14.9. The zero-order valence-electron chi connectivity index (χ0n) is 24.2. The molecule has 0 aromatic heterocycles. The molecule has 0 bridgehead atoms. The number of ether oxygens (including phenoxy) is 1. The van der Waals surface area contributed by atoms with Crippen LogP contribution in [-0.4, -0.2) is 24.5 Å². The lowest BCUT2D eigenvalue weighted by molar-refractivity contribution is 0.101. The van der Waals surface area contributed by atoms with Crippen LogP contribution in [0, 0.1) is 18.8 Å². The van der Waals surface area contributed by atoms with E-state index in [2.05, 4.69) is 44.3 Å². The van der Waals surface area contributed by atoms with Crippen LogP contribution in [0.2, 0.25) is 0 Å². The second-order valence-electron chi connectivity index (χ2n) is 11.8. The van der Waals surface area contributed by atoms with Gasteiger partial charge in [-0.15, -0.1) is 0 Å². The topological polar surface area (TPSA) is 38.3 Å². The lowest BCUT2D eigenvalue weighted by Crippen LogP contribution is -2.32. The van der Waals surface area contributed by atoms with Gasteiger partial charge in [0.05, 0.1) is 6.10 Å². The van der Waals surface area contributed by atoms with Crippen LogP contribution in [0.15, 0.2) is 42.5 Å². The molecule has 204 valence electrons. The molecule has 1 saturated carbocycles. The summed E-state index contributed by atoms with van der Waals surface area (Å²) in [6.07, 6.45) is 13.8. The van der Waals surface area contributed by atoms with Crippen molar-refractivity contribution in [2.24, 2.45) is 11.8 Å². The zero-order valence-corrected chi connectivity index (χ0v) is 24.2. The normalized spacial score (nSPS) is 24.7. The summed E-state index contributed by atoms with van der Waals surface area (Å²) in [6.45, 7) is 12.6. The molecule has 2 atom stereocenters. The minimum Gasteiger partial charge on any atom is -0.378 e. The van der Waals surface area contributed by atoms with Gasteiger partial charge in [0.2, 0.25) is 0 Å². The van der Waals surface area contributed by atoms with Gasteiger partial charge in [0, 0.05) is 24.8 Å². The standard InChI is InChI=1S/C19H29N.C9H10O.C6H12O/c1-14-4-9-19(10-5-14)20-13-16-6-8-17-11-15(2)3-7-18(17)12-16;1-7-3-5-9(6-4-7)8(2)10;1-2-6-4-3-5-7-6/h6,8,12,14-15,19-20H,3-5,7,9-11,13H2,1-2H3;3-6H,1-2H3;6H,2-5H2,1H3. The first-order valence-corrected chi connectivity index (χ1v) is 14.9. The van der Waals surface area contributed by atoms with E-state index in [1.165, 1.54) is 75.3 Å². The molecule has 2 aliphatic carbocycles. The maximum Gasteiger partial charge on any atom is 0.159 e. The Morgan fingerprint density at radius 2 is 1.65 bits per heavy atom. The fourth-order valence-corrected chi connectivity index (χ4v) is 5.58. The van der Waals surface area contributed by atoms with Gasteiger partial charge < -0.3 is 10.1 Å². The number of Topliss-reactive ketones (excluding diaryl/α,β-unsaturated/α-hetero) is 1. The van der Waals surface area contributed by atoms with E-state index in [1.807, 2.05) is 31.2 Å². The zero-order chi connectivity index (χ0) is 26.6. The maximum atomic E-state index is 10.8. The summed E-state index contributed by atoms with van der Waals surface area (Å²) in [5.74, 6) is 1.94. The Kier molecular flexibility index (Phi) is 12.3. The molecule has 3 nitrogen and oxygen atoms in total. The first kappa shape index (κ1) is 29.6. The number of aryl methyl sites for hydroxylation is 2. The molecule has 3 heteroatoms. The van der Waals surface area contributed by atoms with Crippen molar-refractivity contribution in [3.63, 3.8) is 0 Å². The lowest BCUT2D eigenvalue weighted by Gasteiger charge is -2.27. The maximum absolute atomic E-state index is 10.8. The molecule has 3 aliphatic rings. The van der Waals surface area contributed by atoms with E-state index in [-0.39, 0.29) is 5.78 Å². The Labute approximate surface area is 226 Å². The Hall–Kier alpha value is -1.97. The minimum absolute atomic E-state index is 0.125. The van der Waals surface area contributed by atoms with Gasteiger partial charge in [-0.2, -0.15) is 0 Å².